The van der Waals surface area contributed by atoms with Crippen LogP contribution in [0.15, 0.2) is 12.5 Å². The van der Waals surface area contributed by atoms with Crippen LogP contribution in [0.25, 0.3) is 0 Å². The second-order valence-corrected chi connectivity index (χ2v) is 4.00. The molecule has 2 rings (SSSR count). The van der Waals surface area contributed by atoms with E-state index in [-0.39, 0.29) is 0 Å². The van der Waals surface area contributed by atoms with Crippen molar-refractivity contribution in [2.24, 2.45) is 0 Å². The first-order chi connectivity index (χ1) is 6.25. The molecular formula is C10H17N3. The topological polar surface area (TPSA) is 21.1 Å². The Balaban J connectivity index is 2.02. The summed E-state index contributed by atoms with van der Waals surface area (Å²) in [6.45, 7) is 4.47. The summed E-state index contributed by atoms with van der Waals surface area (Å²) in [6.07, 6.45) is 6.62. The lowest BCUT2D eigenvalue weighted by molar-refractivity contribution is 0.221. The van der Waals surface area contributed by atoms with E-state index in [1.807, 2.05) is 13.3 Å². The molecule has 3 nitrogen and oxygen atoms in total. The zero-order valence-electron chi connectivity index (χ0n) is 8.40. The van der Waals surface area contributed by atoms with E-state index in [1.165, 1.54) is 25.9 Å². The second-order valence-electron chi connectivity index (χ2n) is 4.00. The summed E-state index contributed by atoms with van der Waals surface area (Å²) in [5.41, 5.74) is 1.12. The van der Waals surface area contributed by atoms with Crippen LogP contribution in [0, 0.1) is 6.92 Å². The van der Waals surface area contributed by atoms with Crippen molar-refractivity contribution in [3.8, 4) is 0 Å². The molecule has 0 aromatic carbocycles. The Morgan fingerprint density at radius 2 is 2.08 bits per heavy atom. The van der Waals surface area contributed by atoms with Gasteiger partial charge in [0, 0.05) is 12.2 Å². The number of hydrogen-bond donors (Lipinski definition) is 0. The quantitative estimate of drug-likeness (QED) is 0.650. The molecule has 1 fully saturated rings. The Kier molecular flexibility index (Phi) is 2.36. The number of imidazole rings is 1. The van der Waals surface area contributed by atoms with E-state index in [9.17, 15) is 0 Å². The van der Waals surface area contributed by atoms with Gasteiger partial charge in [-0.25, -0.2) is 4.98 Å². The predicted octanol–water partition coefficient (Wildman–Crippen LogP) is 1.46. The molecule has 72 valence electrons. The lowest BCUT2D eigenvalue weighted by Gasteiger charge is -2.29. The molecule has 3 heteroatoms. The van der Waals surface area contributed by atoms with Crippen LogP contribution in [-0.2, 0) is 0 Å². The molecule has 0 bridgehead atoms. The number of piperidine rings is 1. The first-order valence-electron chi connectivity index (χ1n) is 4.94. The van der Waals surface area contributed by atoms with Gasteiger partial charge in [0.2, 0.25) is 0 Å². The molecule has 0 spiro atoms. The van der Waals surface area contributed by atoms with E-state index in [4.69, 9.17) is 0 Å². The number of rotatable bonds is 1. The van der Waals surface area contributed by atoms with Gasteiger partial charge < -0.3 is 9.47 Å². The van der Waals surface area contributed by atoms with Gasteiger partial charge in [-0.1, -0.05) is 0 Å². The monoisotopic (exact) mass is 179 g/mol. The maximum absolute atomic E-state index is 4.26. The molecule has 0 aliphatic carbocycles. The molecule has 1 aliphatic rings. The molecule has 1 aliphatic heterocycles. The van der Waals surface area contributed by atoms with Gasteiger partial charge in [-0.05, 0) is 39.9 Å². The minimum Gasteiger partial charge on any atom is -0.334 e. The Labute approximate surface area is 79.4 Å². The van der Waals surface area contributed by atoms with E-state index in [0.717, 1.165) is 5.69 Å². The van der Waals surface area contributed by atoms with Crippen molar-refractivity contribution in [1.29, 1.82) is 0 Å². The van der Waals surface area contributed by atoms with Crippen molar-refractivity contribution in [3.05, 3.63) is 18.2 Å². The highest BCUT2D eigenvalue weighted by atomic mass is 15.1. The Hall–Kier alpha value is -0.830. The fourth-order valence-corrected chi connectivity index (χ4v) is 1.93. The molecule has 0 radical (unpaired) electrons. The average Bonchev–Trinajstić information content (AvgIpc) is 2.53. The third-order valence-corrected chi connectivity index (χ3v) is 2.84. The Morgan fingerprint density at radius 3 is 2.62 bits per heavy atom. The van der Waals surface area contributed by atoms with Crippen molar-refractivity contribution in [1.82, 2.24) is 14.5 Å². The van der Waals surface area contributed by atoms with Crippen LogP contribution < -0.4 is 0 Å². The van der Waals surface area contributed by atoms with Gasteiger partial charge in [0.15, 0.2) is 0 Å². The fourth-order valence-electron chi connectivity index (χ4n) is 1.93. The third-order valence-electron chi connectivity index (χ3n) is 2.84. The number of likely N-dealkylation sites (tertiary alicyclic amines) is 1. The molecule has 0 saturated carbocycles. The van der Waals surface area contributed by atoms with E-state index in [2.05, 4.69) is 27.7 Å². The highest BCUT2D eigenvalue weighted by molar-refractivity contribution is 4.95. The van der Waals surface area contributed by atoms with E-state index in [1.54, 1.807) is 0 Å². The van der Waals surface area contributed by atoms with Crippen LogP contribution in [0.3, 0.4) is 0 Å². The first-order valence-corrected chi connectivity index (χ1v) is 4.94. The van der Waals surface area contributed by atoms with Gasteiger partial charge >= 0.3 is 0 Å². The SMILES string of the molecule is Cc1cn(C2CCN(C)CC2)cn1. The summed E-state index contributed by atoms with van der Waals surface area (Å²) in [4.78, 5) is 6.65. The zero-order chi connectivity index (χ0) is 9.26. The smallest absolute Gasteiger partial charge is 0.0951 e. The normalized spacial score (nSPS) is 20.8. The van der Waals surface area contributed by atoms with Crippen LogP contribution in [-0.4, -0.2) is 34.6 Å². The number of hydrogen-bond acceptors (Lipinski definition) is 2. The zero-order valence-corrected chi connectivity index (χ0v) is 8.40. The van der Waals surface area contributed by atoms with Crippen LogP contribution in [0.5, 0.6) is 0 Å². The molecule has 0 N–H and O–H groups in total. The third kappa shape index (κ3) is 1.91. The standard InChI is InChI=1S/C10H17N3/c1-9-7-13(8-11-9)10-3-5-12(2)6-4-10/h7-8,10H,3-6H2,1-2H3. The molecule has 1 saturated heterocycles. The molecule has 1 aromatic heterocycles. The van der Waals surface area contributed by atoms with Crippen molar-refractivity contribution < 1.29 is 0 Å². The van der Waals surface area contributed by atoms with Crippen LogP contribution in [0.2, 0.25) is 0 Å². The van der Waals surface area contributed by atoms with Crippen LogP contribution in [0.4, 0.5) is 0 Å². The summed E-state index contributed by atoms with van der Waals surface area (Å²) in [5, 5.41) is 0. The molecule has 2 heterocycles. The minimum absolute atomic E-state index is 0.678. The Morgan fingerprint density at radius 1 is 1.38 bits per heavy atom. The second kappa shape index (κ2) is 3.50. The van der Waals surface area contributed by atoms with Gasteiger partial charge in [0.05, 0.1) is 12.0 Å². The van der Waals surface area contributed by atoms with Crippen molar-refractivity contribution >= 4 is 0 Å². The molecular weight excluding hydrogens is 162 g/mol. The molecule has 0 amide bonds. The van der Waals surface area contributed by atoms with Gasteiger partial charge in [-0.2, -0.15) is 0 Å². The van der Waals surface area contributed by atoms with Crippen LogP contribution in [0.1, 0.15) is 24.6 Å². The molecule has 0 unspecified atom stereocenters. The van der Waals surface area contributed by atoms with Crippen molar-refractivity contribution in [2.45, 2.75) is 25.8 Å². The van der Waals surface area contributed by atoms with Crippen molar-refractivity contribution in [2.75, 3.05) is 20.1 Å². The summed E-state index contributed by atoms with van der Waals surface area (Å²) in [6, 6.07) is 0.678. The fraction of sp³-hybridized carbons (Fsp3) is 0.700. The van der Waals surface area contributed by atoms with Gasteiger partial charge in [0.25, 0.3) is 0 Å². The number of nitrogens with zero attached hydrogens (tertiary/aromatic N) is 3. The summed E-state index contributed by atoms with van der Waals surface area (Å²) >= 11 is 0. The van der Waals surface area contributed by atoms with Gasteiger partial charge in [-0.3, -0.25) is 0 Å². The molecule has 0 atom stereocenters. The number of aromatic nitrogens is 2. The minimum atomic E-state index is 0.678. The highest BCUT2D eigenvalue weighted by Crippen LogP contribution is 2.21. The van der Waals surface area contributed by atoms with Gasteiger partial charge in [-0.15, -0.1) is 0 Å². The molecule has 13 heavy (non-hydrogen) atoms. The summed E-state index contributed by atoms with van der Waals surface area (Å²) in [7, 11) is 2.19. The average molecular weight is 179 g/mol. The van der Waals surface area contributed by atoms with E-state index >= 15 is 0 Å². The number of aryl methyl sites for hydroxylation is 1. The van der Waals surface area contributed by atoms with E-state index < -0.39 is 0 Å². The predicted molar refractivity (Wildman–Crippen MR) is 52.7 cm³/mol. The first kappa shape index (κ1) is 8.75. The summed E-state index contributed by atoms with van der Waals surface area (Å²) < 4.78 is 2.27. The lowest BCUT2D eigenvalue weighted by Crippen LogP contribution is -2.31. The maximum atomic E-state index is 4.26. The van der Waals surface area contributed by atoms with E-state index in [0.29, 0.717) is 6.04 Å². The highest BCUT2D eigenvalue weighted by Gasteiger charge is 2.17. The van der Waals surface area contributed by atoms with Crippen LogP contribution >= 0.6 is 0 Å². The van der Waals surface area contributed by atoms with Crippen molar-refractivity contribution in [3.63, 3.8) is 0 Å². The summed E-state index contributed by atoms with van der Waals surface area (Å²) in [5.74, 6) is 0. The maximum Gasteiger partial charge on any atom is 0.0951 e. The lowest BCUT2D eigenvalue weighted by atomic mass is 10.1. The molecule has 1 aromatic rings. The Bertz CT molecular complexity index is 271. The van der Waals surface area contributed by atoms with Gasteiger partial charge in [0.1, 0.15) is 0 Å². The largest absolute Gasteiger partial charge is 0.334 e.